The quantitative estimate of drug-likeness (QED) is 0.660. The van der Waals surface area contributed by atoms with Crippen LogP contribution in [0.15, 0.2) is 72.8 Å². The number of hydrogen-bond acceptors (Lipinski definition) is 5. The van der Waals surface area contributed by atoms with Gasteiger partial charge in [-0.15, -0.1) is 0 Å². The number of benzene rings is 3. The van der Waals surface area contributed by atoms with E-state index in [4.69, 9.17) is 14.2 Å². The SMILES string of the molecule is Cc1ccc(NC(=O)[C@@H](OC(=O)c2ccc3c(c2)OCO3)c2ccccc2)cc1. The van der Waals surface area contributed by atoms with Crippen LogP contribution in [0.5, 0.6) is 11.5 Å². The average molecular weight is 389 g/mol. The molecule has 0 aromatic heterocycles. The van der Waals surface area contributed by atoms with Gasteiger partial charge in [-0.05, 0) is 37.3 Å². The summed E-state index contributed by atoms with van der Waals surface area (Å²) in [4.78, 5) is 25.7. The molecule has 0 saturated heterocycles. The number of amides is 1. The van der Waals surface area contributed by atoms with Gasteiger partial charge in [0.1, 0.15) is 0 Å². The predicted octanol–water partition coefficient (Wildman–Crippen LogP) is 4.26. The number of rotatable bonds is 5. The van der Waals surface area contributed by atoms with E-state index in [-0.39, 0.29) is 12.4 Å². The third kappa shape index (κ3) is 4.21. The number of nitrogens with one attached hydrogen (secondary N) is 1. The summed E-state index contributed by atoms with van der Waals surface area (Å²) >= 11 is 0. The summed E-state index contributed by atoms with van der Waals surface area (Å²) in [5.74, 6) is -0.0246. The average Bonchev–Trinajstić information content (AvgIpc) is 3.22. The van der Waals surface area contributed by atoms with Gasteiger partial charge in [-0.3, -0.25) is 4.79 Å². The van der Waals surface area contributed by atoms with Crippen LogP contribution in [0.2, 0.25) is 0 Å². The number of hydrogen-bond donors (Lipinski definition) is 1. The third-order valence-corrected chi connectivity index (χ3v) is 4.49. The van der Waals surface area contributed by atoms with Crippen molar-refractivity contribution in [1.82, 2.24) is 0 Å². The van der Waals surface area contributed by atoms with Crippen molar-refractivity contribution in [3.05, 3.63) is 89.5 Å². The van der Waals surface area contributed by atoms with Crippen LogP contribution in [-0.4, -0.2) is 18.7 Å². The van der Waals surface area contributed by atoms with Gasteiger partial charge in [0, 0.05) is 11.3 Å². The molecule has 0 fully saturated rings. The van der Waals surface area contributed by atoms with E-state index in [0.717, 1.165) is 5.56 Å². The van der Waals surface area contributed by atoms with Crippen molar-refractivity contribution in [3.63, 3.8) is 0 Å². The maximum Gasteiger partial charge on any atom is 0.339 e. The van der Waals surface area contributed by atoms with Gasteiger partial charge in [-0.1, -0.05) is 48.0 Å². The molecule has 4 rings (SSSR count). The fourth-order valence-corrected chi connectivity index (χ4v) is 2.94. The molecule has 0 aliphatic carbocycles. The first-order valence-corrected chi connectivity index (χ1v) is 9.13. The molecule has 0 bridgehead atoms. The van der Waals surface area contributed by atoms with Gasteiger partial charge in [0.2, 0.25) is 12.9 Å². The number of aryl methyl sites for hydroxylation is 1. The minimum Gasteiger partial charge on any atom is -0.454 e. The van der Waals surface area contributed by atoms with E-state index in [1.165, 1.54) is 0 Å². The van der Waals surface area contributed by atoms with Gasteiger partial charge in [0.15, 0.2) is 11.5 Å². The Hall–Kier alpha value is -3.80. The molecule has 6 nitrogen and oxygen atoms in total. The van der Waals surface area contributed by atoms with Gasteiger partial charge < -0.3 is 19.5 Å². The molecular formula is C23H19NO5. The summed E-state index contributed by atoms with van der Waals surface area (Å²) < 4.78 is 16.2. The zero-order chi connectivity index (χ0) is 20.2. The summed E-state index contributed by atoms with van der Waals surface area (Å²) in [6.07, 6.45) is -1.10. The van der Waals surface area contributed by atoms with E-state index < -0.39 is 18.0 Å². The fourth-order valence-electron chi connectivity index (χ4n) is 2.94. The molecule has 1 amide bonds. The highest BCUT2D eigenvalue weighted by atomic mass is 16.7. The van der Waals surface area contributed by atoms with Gasteiger partial charge in [0.25, 0.3) is 5.91 Å². The van der Waals surface area contributed by atoms with Crippen molar-refractivity contribution in [2.75, 3.05) is 12.1 Å². The van der Waals surface area contributed by atoms with E-state index in [1.54, 1.807) is 54.6 Å². The van der Waals surface area contributed by atoms with E-state index in [2.05, 4.69) is 5.32 Å². The number of carbonyl (C=O) groups excluding carboxylic acids is 2. The third-order valence-electron chi connectivity index (χ3n) is 4.49. The number of esters is 1. The molecule has 1 aliphatic heterocycles. The first kappa shape index (κ1) is 18.6. The fraction of sp³-hybridized carbons (Fsp3) is 0.130. The molecule has 1 aliphatic rings. The number of fused-ring (bicyclic) bond motifs is 1. The van der Waals surface area contributed by atoms with Crippen molar-refractivity contribution < 1.29 is 23.8 Å². The van der Waals surface area contributed by atoms with Crippen molar-refractivity contribution in [3.8, 4) is 11.5 Å². The van der Waals surface area contributed by atoms with Gasteiger partial charge in [-0.2, -0.15) is 0 Å². The Labute approximate surface area is 168 Å². The van der Waals surface area contributed by atoms with Crippen LogP contribution >= 0.6 is 0 Å². The van der Waals surface area contributed by atoms with Crippen molar-refractivity contribution >= 4 is 17.6 Å². The molecule has 1 N–H and O–H groups in total. The second-order valence-corrected chi connectivity index (χ2v) is 6.62. The lowest BCUT2D eigenvalue weighted by Crippen LogP contribution is -2.26. The van der Waals surface area contributed by atoms with E-state index in [1.807, 2.05) is 25.1 Å². The number of carbonyl (C=O) groups is 2. The minimum absolute atomic E-state index is 0.111. The summed E-state index contributed by atoms with van der Waals surface area (Å²) in [6, 6.07) is 21.0. The molecular weight excluding hydrogens is 370 g/mol. The van der Waals surface area contributed by atoms with Crippen LogP contribution < -0.4 is 14.8 Å². The molecule has 6 heteroatoms. The van der Waals surface area contributed by atoms with E-state index in [0.29, 0.717) is 22.7 Å². The molecule has 1 heterocycles. The molecule has 0 unspecified atom stereocenters. The van der Waals surface area contributed by atoms with Crippen molar-refractivity contribution in [2.45, 2.75) is 13.0 Å². The van der Waals surface area contributed by atoms with E-state index in [9.17, 15) is 9.59 Å². The van der Waals surface area contributed by atoms with Gasteiger partial charge >= 0.3 is 5.97 Å². The highest BCUT2D eigenvalue weighted by Crippen LogP contribution is 2.33. The molecule has 29 heavy (non-hydrogen) atoms. The Morgan fingerprint density at radius 1 is 0.931 bits per heavy atom. The lowest BCUT2D eigenvalue weighted by molar-refractivity contribution is -0.125. The zero-order valence-electron chi connectivity index (χ0n) is 15.8. The highest BCUT2D eigenvalue weighted by molar-refractivity contribution is 5.98. The van der Waals surface area contributed by atoms with Crippen LogP contribution in [0.3, 0.4) is 0 Å². The van der Waals surface area contributed by atoms with Crippen LogP contribution in [-0.2, 0) is 9.53 Å². The normalized spacial score (nSPS) is 12.9. The van der Waals surface area contributed by atoms with Gasteiger partial charge in [0.05, 0.1) is 5.56 Å². The summed E-state index contributed by atoms with van der Waals surface area (Å²) in [5, 5.41) is 2.81. The standard InChI is InChI=1S/C23H19NO5/c1-15-7-10-18(11-8-15)24-22(25)21(16-5-3-2-4-6-16)29-23(26)17-9-12-19-20(13-17)28-14-27-19/h2-13,21H,14H2,1H3,(H,24,25)/t21-/m0/s1. The maximum atomic E-state index is 12.9. The Morgan fingerprint density at radius 3 is 2.41 bits per heavy atom. The highest BCUT2D eigenvalue weighted by Gasteiger charge is 2.27. The van der Waals surface area contributed by atoms with E-state index >= 15 is 0 Å². The summed E-state index contributed by atoms with van der Waals surface area (Å²) in [7, 11) is 0. The summed E-state index contributed by atoms with van der Waals surface area (Å²) in [5.41, 5.74) is 2.56. The first-order valence-electron chi connectivity index (χ1n) is 9.13. The maximum absolute atomic E-state index is 12.9. The Balaban J connectivity index is 1.56. The Bertz CT molecular complexity index is 1030. The molecule has 0 radical (unpaired) electrons. The minimum atomic E-state index is -1.10. The predicted molar refractivity (Wildman–Crippen MR) is 107 cm³/mol. The van der Waals surface area contributed by atoms with Crippen molar-refractivity contribution in [2.24, 2.45) is 0 Å². The van der Waals surface area contributed by atoms with Crippen LogP contribution in [0.1, 0.15) is 27.6 Å². The molecule has 0 spiro atoms. The molecule has 0 saturated carbocycles. The largest absolute Gasteiger partial charge is 0.454 e. The monoisotopic (exact) mass is 389 g/mol. The second-order valence-electron chi connectivity index (χ2n) is 6.62. The zero-order valence-corrected chi connectivity index (χ0v) is 15.8. The van der Waals surface area contributed by atoms with Crippen LogP contribution in [0.25, 0.3) is 0 Å². The first-order chi connectivity index (χ1) is 14.1. The molecule has 3 aromatic carbocycles. The number of ether oxygens (including phenoxy) is 3. The second kappa shape index (κ2) is 8.06. The van der Waals surface area contributed by atoms with Crippen LogP contribution in [0.4, 0.5) is 5.69 Å². The molecule has 1 atom stereocenters. The lowest BCUT2D eigenvalue weighted by Gasteiger charge is -2.18. The Kier molecular flexibility index (Phi) is 5.16. The lowest BCUT2D eigenvalue weighted by atomic mass is 10.1. The smallest absolute Gasteiger partial charge is 0.339 e. The summed E-state index contributed by atoms with van der Waals surface area (Å²) in [6.45, 7) is 2.07. The van der Waals surface area contributed by atoms with Gasteiger partial charge in [-0.25, -0.2) is 4.79 Å². The Morgan fingerprint density at radius 2 is 1.66 bits per heavy atom. The molecule has 3 aromatic rings. The molecule has 146 valence electrons. The van der Waals surface area contributed by atoms with Crippen molar-refractivity contribution in [1.29, 1.82) is 0 Å². The number of anilines is 1. The van der Waals surface area contributed by atoms with Crippen LogP contribution in [0, 0.1) is 6.92 Å². The topological polar surface area (TPSA) is 73.9 Å².